The zero-order valence-electron chi connectivity index (χ0n) is 11.2. The molecule has 0 N–H and O–H groups in total. The molecule has 3 heteroatoms. The van der Waals surface area contributed by atoms with Crippen LogP contribution in [0.15, 0.2) is 72.8 Å². The van der Waals surface area contributed by atoms with Gasteiger partial charge in [0.05, 0.1) is 10.7 Å². The SMILES string of the molecule is O=C(c1ccccc1)c1ccc(Cl)c(-c2ccccc2)n1. The van der Waals surface area contributed by atoms with Gasteiger partial charge in [-0.25, -0.2) is 4.98 Å². The van der Waals surface area contributed by atoms with Crippen LogP contribution < -0.4 is 0 Å². The largest absolute Gasteiger partial charge is 0.287 e. The van der Waals surface area contributed by atoms with Crippen molar-refractivity contribution in [1.82, 2.24) is 4.98 Å². The highest BCUT2D eigenvalue weighted by molar-refractivity contribution is 6.33. The van der Waals surface area contributed by atoms with Crippen LogP contribution in [-0.4, -0.2) is 10.8 Å². The van der Waals surface area contributed by atoms with Crippen LogP contribution in [0.5, 0.6) is 0 Å². The molecule has 21 heavy (non-hydrogen) atoms. The lowest BCUT2D eigenvalue weighted by molar-refractivity contribution is 0.103. The van der Waals surface area contributed by atoms with Crippen LogP contribution >= 0.6 is 11.6 Å². The highest BCUT2D eigenvalue weighted by Crippen LogP contribution is 2.26. The third-order valence-corrected chi connectivity index (χ3v) is 3.47. The van der Waals surface area contributed by atoms with Crippen molar-refractivity contribution >= 4 is 17.4 Å². The molecular weight excluding hydrogens is 282 g/mol. The minimum atomic E-state index is -0.107. The van der Waals surface area contributed by atoms with Gasteiger partial charge in [-0.3, -0.25) is 4.79 Å². The maximum absolute atomic E-state index is 12.4. The second-order valence-corrected chi connectivity index (χ2v) is 5.00. The summed E-state index contributed by atoms with van der Waals surface area (Å²) < 4.78 is 0. The number of carbonyl (C=O) groups is 1. The highest BCUT2D eigenvalue weighted by Gasteiger charge is 2.13. The average molecular weight is 294 g/mol. The molecular formula is C18H12ClNO. The fourth-order valence-electron chi connectivity index (χ4n) is 2.10. The van der Waals surface area contributed by atoms with E-state index in [1.54, 1.807) is 24.3 Å². The lowest BCUT2D eigenvalue weighted by Gasteiger charge is -2.06. The molecule has 0 radical (unpaired) electrons. The number of rotatable bonds is 3. The van der Waals surface area contributed by atoms with Gasteiger partial charge in [-0.15, -0.1) is 0 Å². The molecule has 0 atom stereocenters. The molecule has 3 rings (SSSR count). The molecule has 2 aromatic carbocycles. The minimum Gasteiger partial charge on any atom is -0.287 e. The van der Waals surface area contributed by atoms with E-state index in [2.05, 4.69) is 4.98 Å². The first kappa shape index (κ1) is 13.5. The van der Waals surface area contributed by atoms with Gasteiger partial charge in [0.25, 0.3) is 0 Å². The summed E-state index contributed by atoms with van der Waals surface area (Å²) in [6, 6.07) is 22.1. The summed E-state index contributed by atoms with van der Waals surface area (Å²) in [5.74, 6) is -0.107. The lowest BCUT2D eigenvalue weighted by Crippen LogP contribution is -2.04. The monoisotopic (exact) mass is 293 g/mol. The molecule has 0 fully saturated rings. The number of benzene rings is 2. The molecule has 0 amide bonds. The van der Waals surface area contributed by atoms with E-state index in [0.29, 0.717) is 22.0 Å². The van der Waals surface area contributed by atoms with Crippen molar-refractivity contribution in [2.75, 3.05) is 0 Å². The van der Waals surface area contributed by atoms with E-state index in [-0.39, 0.29) is 5.78 Å². The van der Waals surface area contributed by atoms with Gasteiger partial charge in [0.15, 0.2) is 0 Å². The number of nitrogens with zero attached hydrogens (tertiary/aromatic N) is 1. The molecule has 102 valence electrons. The van der Waals surface area contributed by atoms with Crippen LogP contribution in [0, 0.1) is 0 Å². The first-order valence-electron chi connectivity index (χ1n) is 6.57. The number of aromatic nitrogens is 1. The predicted molar refractivity (Wildman–Crippen MR) is 84.6 cm³/mol. The minimum absolute atomic E-state index is 0.107. The van der Waals surface area contributed by atoms with Gasteiger partial charge in [0, 0.05) is 11.1 Å². The summed E-state index contributed by atoms with van der Waals surface area (Å²) in [6.45, 7) is 0. The maximum Gasteiger partial charge on any atom is 0.211 e. The molecule has 3 aromatic rings. The van der Waals surface area contributed by atoms with E-state index in [0.717, 1.165) is 5.56 Å². The van der Waals surface area contributed by atoms with Crippen LogP contribution in [-0.2, 0) is 0 Å². The third kappa shape index (κ3) is 2.86. The highest BCUT2D eigenvalue weighted by atomic mass is 35.5. The van der Waals surface area contributed by atoms with Crippen LogP contribution in [0.25, 0.3) is 11.3 Å². The smallest absolute Gasteiger partial charge is 0.211 e. The van der Waals surface area contributed by atoms with Gasteiger partial charge >= 0.3 is 0 Å². The molecule has 2 nitrogen and oxygen atoms in total. The maximum atomic E-state index is 12.4. The van der Waals surface area contributed by atoms with Crippen molar-refractivity contribution in [2.45, 2.75) is 0 Å². The molecule has 0 aliphatic carbocycles. The second kappa shape index (κ2) is 5.90. The Bertz CT molecular complexity index is 770. The molecule has 0 saturated heterocycles. The molecule has 0 bridgehead atoms. The molecule has 1 aromatic heterocycles. The number of halogens is 1. The van der Waals surface area contributed by atoms with E-state index in [9.17, 15) is 4.79 Å². The molecule has 0 aliphatic rings. The number of pyridine rings is 1. The summed E-state index contributed by atoms with van der Waals surface area (Å²) in [4.78, 5) is 16.9. The van der Waals surface area contributed by atoms with Crippen molar-refractivity contribution in [1.29, 1.82) is 0 Å². The quantitative estimate of drug-likeness (QED) is 0.659. The van der Waals surface area contributed by atoms with Crippen molar-refractivity contribution in [2.24, 2.45) is 0 Å². The molecule has 1 heterocycles. The van der Waals surface area contributed by atoms with Crippen LogP contribution in [0.3, 0.4) is 0 Å². The van der Waals surface area contributed by atoms with E-state index in [1.165, 1.54) is 0 Å². The van der Waals surface area contributed by atoms with Gasteiger partial charge in [-0.05, 0) is 12.1 Å². The number of ketones is 1. The lowest BCUT2D eigenvalue weighted by atomic mass is 10.1. The third-order valence-electron chi connectivity index (χ3n) is 3.16. The summed E-state index contributed by atoms with van der Waals surface area (Å²) >= 11 is 6.21. The van der Waals surface area contributed by atoms with Crippen LogP contribution in [0.2, 0.25) is 5.02 Å². The Hall–Kier alpha value is -2.45. The normalized spacial score (nSPS) is 10.3. The first-order valence-corrected chi connectivity index (χ1v) is 6.95. The Morgan fingerprint density at radius 3 is 2.10 bits per heavy atom. The van der Waals surface area contributed by atoms with Gasteiger partial charge in [-0.2, -0.15) is 0 Å². The van der Waals surface area contributed by atoms with E-state index in [4.69, 9.17) is 11.6 Å². The molecule has 0 unspecified atom stereocenters. The van der Waals surface area contributed by atoms with Crippen molar-refractivity contribution in [3.05, 3.63) is 89.1 Å². The first-order chi connectivity index (χ1) is 10.3. The van der Waals surface area contributed by atoms with E-state index < -0.39 is 0 Å². The summed E-state index contributed by atoms with van der Waals surface area (Å²) in [6.07, 6.45) is 0. The summed E-state index contributed by atoms with van der Waals surface area (Å²) in [5, 5.41) is 0.533. The van der Waals surface area contributed by atoms with Crippen LogP contribution in [0.1, 0.15) is 16.1 Å². The fraction of sp³-hybridized carbons (Fsp3) is 0. The Morgan fingerprint density at radius 1 is 0.810 bits per heavy atom. The average Bonchev–Trinajstić information content (AvgIpc) is 2.56. The Morgan fingerprint density at radius 2 is 1.43 bits per heavy atom. The number of carbonyl (C=O) groups excluding carboxylic acids is 1. The zero-order chi connectivity index (χ0) is 14.7. The molecule has 0 spiro atoms. The van der Waals surface area contributed by atoms with Crippen LogP contribution in [0.4, 0.5) is 0 Å². The summed E-state index contributed by atoms with van der Waals surface area (Å²) in [7, 11) is 0. The van der Waals surface area contributed by atoms with Gasteiger partial charge in [0.1, 0.15) is 5.69 Å². The van der Waals surface area contributed by atoms with Crippen molar-refractivity contribution < 1.29 is 4.79 Å². The van der Waals surface area contributed by atoms with Gasteiger partial charge in [0.2, 0.25) is 5.78 Å². The molecule has 0 aliphatic heterocycles. The fourth-order valence-corrected chi connectivity index (χ4v) is 2.32. The Kier molecular flexibility index (Phi) is 3.80. The van der Waals surface area contributed by atoms with Crippen molar-refractivity contribution in [3.8, 4) is 11.3 Å². The summed E-state index contributed by atoms with van der Waals surface area (Å²) in [5.41, 5.74) is 2.53. The zero-order valence-corrected chi connectivity index (χ0v) is 11.9. The number of hydrogen-bond donors (Lipinski definition) is 0. The van der Waals surface area contributed by atoms with Gasteiger partial charge < -0.3 is 0 Å². The van der Waals surface area contributed by atoms with Crippen molar-refractivity contribution in [3.63, 3.8) is 0 Å². The topological polar surface area (TPSA) is 30.0 Å². The predicted octanol–water partition coefficient (Wildman–Crippen LogP) is 4.63. The van der Waals surface area contributed by atoms with Gasteiger partial charge in [-0.1, -0.05) is 72.3 Å². The van der Waals surface area contributed by atoms with E-state index >= 15 is 0 Å². The second-order valence-electron chi connectivity index (χ2n) is 4.59. The number of hydrogen-bond acceptors (Lipinski definition) is 2. The Labute approximate surface area is 128 Å². The Balaban J connectivity index is 2.04. The van der Waals surface area contributed by atoms with E-state index in [1.807, 2.05) is 48.5 Å². The standard InChI is InChI=1S/C18H12ClNO/c19-15-11-12-16(18(21)14-9-5-2-6-10-14)20-17(15)13-7-3-1-4-8-13/h1-12H. The molecule has 0 saturated carbocycles.